The first kappa shape index (κ1) is 28.7. The number of benzene rings is 2. The molecule has 2 aromatic carbocycles. The second-order valence-corrected chi connectivity index (χ2v) is 11.3. The van der Waals surface area contributed by atoms with Crippen molar-refractivity contribution in [1.82, 2.24) is 10.2 Å². The zero-order valence-electron chi connectivity index (χ0n) is 21.1. The summed E-state index contributed by atoms with van der Waals surface area (Å²) in [5, 5.41) is 3.38. The quantitative estimate of drug-likeness (QED) is 0.444. The zero-order valence-corrected chi connectivity index (χ0v) is 22.7. The van der Waals surface area contributed by atoms with Crippen LogP contribution < -0.4 is 9.62 Å². The molecule has 0 heterocycles. The van der Waals surface area contributed by atoms with Gasteiger partial charge in [0.2, 0.25) is 21.8 Å². The van der Waals surface area contributed by atoms with Crippen molar-refractivity contribution >= 4 is 39.1 Å². The Bertz CT molecular complexity index is 1110. The first-order chi connectivity index (χ1) is 16.4. The number of aryl methyl sites for hydroxylation is 1. The smallest absolute Gasteiger partial charge is 0.242 e. The molecule has 0 unspecified atom stereocenters. The first-order valence-electron chi connectivity index (χ1n) is 11.8. The van der Waals surface area contributed by atoms with Crippen LogP contribution in [0.5, 0.6) is 0 Å². The number of nitrogens with one attached hydrogen (secondary N) is 1. The van der Waals surface area contributed by atoms with E-state index in [1.54, 1.807) is 36.1 Å². The zero-order chi connectivity index (χ0) is 26.2. The molecule has 0 spiro atoms. The van der Waals surface area contributed by atoms with Crippen LogP contribution in [0.4, 0.5) is 5.69 Å². The van der Waals surface area contributed by atoms with E-state index >= 15 is 0 Å². The maximum absolute atomic E-state index is 13.3. The van der Waals surface area contributed by atoms with Gasteiger partial charge in [-0.25, -0.2) is 8.42 Å². The summed E-state index contributed by atoms with van der Waals surface area (Å²) >= 11 is 6.04. The van der Waals surface area contributed by atoms with Crippen LogP contribution in [0.3, 0.4) is 0 Å². The van der Waals surface area contributed by atoms with Crippen LogP contribution in [0.15, 0.2) is 48.5 Å². The highest BCUT2D eigenvalue weighted by molar-refractivity contribution is 7.92. The lowest BCUT2D eigenvalue weighted by Crippen LogP contribution is -2.49. The Balaban J connectivity index is 2.16. The van der Waals surface area contributed by atoms with Crippen LogP contribution >= 0.6 is 11.6 Å². The predicted molar refractivity (Wildman–Crippen MR) is 142 cm³/mol. The van der Waals surface area contributed by atoms with Crippen molar-refractivity contribution in [3.63, 3.8) is 0 Å². The molecule has 0 aliphatic carbocycles. The van der Waals surface area contributed by atoms with Gasteiger partial charge in [0.05, 0.1) is 11.9 Å². The molecule has 2 rings (SSSR count). The van der Waals surface area contributed by atoms with Gasteiger partial charge in [0.15, 0.2) is 0 Å². The Labute approximate surface area is 214 Å². The molecule has 0 aromatic heterocycles. The van der Waals surface area contributed by atoms with Crippen molar-refractivity contribution in [2.24, 2.45) is 0 Å². The fraction of sp³-hybridized carbons (Fsp3) is 0.462. The summed E-state index contributed by atoms with van der Waals surface area (Å²) in [4.78, 5) is 27.7. The van der Waals surface area contributed by atoms with Crippen molar-refractivity contribution in [2.75, 3.05) is 17.1 Å². The minimum atomic E-state index is -3.57. The molecule has 0 radical (unpaired) electrons. The number of sulfonamides is 1. The van der Waals surface area contributed by atoms with Crippen molar-refractivity contribution < 1.29 is 18.0 Å². The van der Waals surface area contributed by atoms with Gasteiger partial charge in [-0.05, 0) is 57.4 Å². The average Bonchev–Trinajstić information content (AvgIpc) is 2.79. The second kappa shape index (κ2) is 12.9. The molecule has 192 valence electrons. The van der Waals surface area contributed by atoms with Crippen LogP contribution in [0.2, 0.25) is 5.02 Å². The van der Waals surface area contributed by atoms with Gasteiger partial charge in [0.25, 0.3) is 0 Å². The summed E-state index contributed by atoms with van der Waals surface area (Å²) in [5.74, 6) is -0.423. The monoisotopic (exact) mass is 521 g/mol. The number of carbonyl (C=O) groups excluding carboxylic acids is 2. The topological polar surface area (TPSA) is 86.8 Å². The lowest BCUT2D eigenvalue weighted by Gasteiger charge is -2.30. The lowest BCUT2D eigenvalue weighted by molar-refractivity contribution is -0.140. The lowest BCUT2D eigenvalue weighted by atomic mass is 10.1. The summed E-state index contributed by atoms with van der Waals surface area (Å²) in [6.07, 6.45) is 2.30. The van der Waals surface area contributed by atoms with Gasteiger partial charge < -0.3 is 10.2 Å². The minimum absolute atomic E-state index is 0.00212. The first-order valence-corrected chi connectivity index (χ1v) is 14.0. The standard InChI is InChI=1S/C26H36ClN3O4S/c1-6-20(3)28-26(32)21(4)29(18-22-14-12-19(2)13-15-22)25(31)11-8-16-30(35(5,33)34)24-10-7-9-23(27)17-24/h7,9-10,12-15,17,20-21H,6,8,11,16,18H2,1-5H3,(H,28,32)/t20-,21+/m1/s1. The predicted octanol–water partition coefficient (Wildman–Crippen LogP) is 4.53. The molecule has 2 aromatic rings. The number of carbonyl (C=O) groups is 2. The highest BCUT2D eigenvalue weighted by atomic mass is 35.5. The molecule has 9 heteroatoms. The van der Waals surface area contributed by atoms with E-state index in [0.29, 0.717) is 17.1 Å². The molecule has 1 N–H and O–H groups in total. The molecular weight excluding hydrogens is 486 g/mol. The normalized spacial score (nSPS) is 13.1. The van der Waals surface area contributed by atoms with E-state index < -0.39 is 16.1 Å². The third-order valence-electron chi connectivity index (χ3n) is 5.89. The summed E-state index contributed by atoms with van der Waals surface area (Å²) in [7, 11) is -3.57. The van der Waals surface area contributed by atoms with Crippen LogP contribution in [0.25, 0.3) is 0 Å². The summed E-state index contributed by atoms with van der Waals surface area (Å²) in [6, 6.07) is 13.8. The largest absolute Gasteiger partial charge is 0.352 e. The van der Waals surface area contributed by atoms with Crippen LogP contribution in [-0.2, 0) is 26.2 Å². The summed E-state index contributed by atoms with van der Waals surface area (Å²) in [5.41, 5.74) is 2.48. The molecule has 0 aliphatic heterocycles. The van der Waals surface area contributed by atoms with Crippen LogP contribution in [0.1, 0.15) is 51.2 Å². The Morgan fingerprint density at radius 1 is 1.09 bits per heavy atom. The Hall–Kier alpha value is -2.58. The highest BCUT2D eigenvalue weighted by Gasteiger charge is 2.27. The van der Waals surface area contributed by atoms with E-state index in [-0.39, 0.29) is 37.4 Å². The Morgan fingerprint density at radius 3 is 2.31 bits per heavy atom. The molecule has 0 fully saturated rings. The van der Waals surface area contributed by atoms with Crippen molar-refractivity contribution in [2.45, 2.75) is 65.6 Å². The maximum atomic E-state index is 13.3. The van der Waals surface area contributed by atoms with E-state index in [0.717, 1.165) is 23.8 Å². The number of anilines is 1. The van der Waals surface area contributed by atoms with Gasteiger partial charge in [-0.2, -0.15) is 0 Å². The van der Waals surface area contributed by atoms with Gasteiger partial charge in [-0.1, -0.05) is 54.4 Å². The number of nitrogens with zero attached hydrogens (tertiary/aromatic N) is 2. The second-order valence-electron chi connectivity index (χ2n) is 8.92. The van der Waals surface area contributed by atoms with Gasteiger partial charge in [-0.15, -0.1) is 0 Å². The van der Waals surface area contributed by atoms with Gasteiger partial charge in [0.1, 0.15) is 6.04 Å². The Kier molecular flexibility index (Phi) is 10.6. The third kappa shape index (κ3) is 8.85. The van der Waals surface area contributed by atoms with Gasteiger partial charge in [-0.3, -0.25) is 13.9 Å². The number of halogens is 1. The van der Waals surface area contributed by atoms with Crippen molar-refractivity contribution in [3.05, 3.63) is 64.7 Å². The van der Waals surface area contributed by atoms with Gasteiger partial charge >= 0.3 is 0 Å². The van der Waals surface area contributed by atoms with Gasteiger partial charge in [0, 0.05) is 30.6 Å². The van der Waals surface area contributed by atoms with E-state index in [4.69, 9.17) is 11.6 Å². The molecular formula is C26H36ClN3O4S. The van der Waals surface area contributed by atoms with E-state index in [1.165, 1.54) is 4.31 Å². The number of hydrogen-bond donors (Lipinski definition) is 1. The SMILES string of the molecule is CC[C@@H](C)NC(=O)[C@H](C)N(Cc1ccc(C)cc1)C(=O)CCCN(c1cccc(Cl)c1)S(C)(=O)=O. The number of hydrogen-bond acceptors (Lipinski definition) is 4. The fourth-order valence-corrected chi connectivity index (χ4v) is 4.72. The van der Waals surface area contributed by atoms with Crippen LogP contribution in [-0.4, -0.2) is 50.0 Å². The number of amides is 2. The van der Waals surface area contributed by atoms with E-state index in [2.05, 4.69) is 5.32 Å². The average molecular weight is 522 g/mol. The van der Waals surface area contributed by atoms with Crippen molar-refractivity contribution in [1.29, 1.82) is 0 Å². The number of rotatable bonds is 12. The molecule has 0 saturated heterocycles. The summed E-state index contributed by atoms with van der Waals surface area (Å²) in [6.45, 7) is 8.03. The molecule has 0 aliphatic rings. The maximum Gasteiger partial charge on any atom is 0.242 e. The molecule has 7 nitrogen and oxygen atoms in total. The third-order valence-corrected chi connectivity index (χ3v) is 7.32. The van der Waals surface area contributed by atoms with Crippen LogP contribution in [0, 0.1) is 6.92 Å². The Morgan fingerprint density at radius 2 is 1.74 bits per heavy atom. The molecule has 0 saturated carbocycles. The fourth-order valence-electron chi connectivity index (χ4n) is 3.57. The summed E-state index contributed by atoms with van der Waals surface area (Å²) < 4.78 is 26.0. The molecule has 2 atom stereocenters. The van der Waals surface area contributed by atoms with Crippen molar-refractivity contribution in [3.8, 4) is 0 Å². The van der Waals surface area contributed by atoms with E-state index in [9.17, 15) is 18.0 Å². The molecule has 35 heavy (non-hydrogen) atoms. The molecule has 2 amide bonds. The highest BCUT2D eigenvalue weighted by Crippen LogP contribution is 2.22. The minimum Gasteiger partial charge on any atom is -0.352 e. The van der Waals surface area contributed by atoms with E-state index in [1.807, 2.05) is 45.0 Å². The molecule has 0 bridgehead atoms.